The maximum absolute atomic E-state index is 13.4. The van der Waals surface area contributed by atoms with Gasteiger partial charge in [0.15, 0.2) is 0 Å². The number of aromatic nitrogens is 1. The predicted octanol–water partition coefficient (Wildman–Crippen LogP) is 2.71. The summed E-state index contributed by atoms with van der Waals surface area (Å²) in [6.07, 6.45) is 5.56. The third-order valence-electron chi connectivity index (χ3n) is 5.04. The molecule has 0 bridgehead atoms. The number of nitrogens with one attached hydrogen (secondary N) is 1. The van der Waals surface area contributed by atoms with Crippen molar-refractivity contribution in [3.63, 3.8) is 0 Å². The summed E-state index contributed by atoms with van der Waals surface area (Å²) in [7, 11) is -4.08. The van der Waals surface area contributed by atoms with Gasteiger partial charge >= 0.3 is 10.2 Å². The number of pyridine rings is 1. The molecule has 3 N–H and O–H groups in total. The van der Waals surface area contributed by atoms with Crippen molar-refractivity contribution in [1.29, 1.82) is 0 Å². The molecule has 4 rings (SSSR count). The number of hydrogen-bond acceptors (Lipinski definition) is 5. The van der Waals surface area contributed by atoms with Gasteiger partial charge in [0.25, 0.3) is 0 Å². The van der Waals surface area contributed by atoms with Crippen molar-refractivity contribution in [2.45, 2.75) is 13.0 Å². The summed E-state index contributed by atoms with van der Waals surface area (Å²) in [5.41, 5.74) is 9.12. The molecule has 1 aliphatic heterocycles. The Morgan fingerprint density at radius 3 is 2.61 bits per heavy atom. The lowest BCUT2D eigenvalue weighted by atomic mass is 10.1. The van der Waals surface area contributed by atoms with E-state index in [0.717, 1.165) is 15.4 Å². The molecule has 8 nitrogen and oxygen atoms in total. The maximum atomic E-state index is 13.4. The summed E-state index contributed by atoms with van der Waals surface area (Å²) in [5.74, 6) is 0.465. The molecule has 1 aliphatic rings. The first-order valence-electron chi connectivity index (χ1n) is 10.5. The predicted molar refractivity (Wildman–Crippen MR) is 128 cm³/mol. The monoisotopic (exact) mass is 463 g/mol. The highest BCUT2D eigenvalue weighted by Gasteiger charge is 2.31. The summed E-state index contributed by atoms with van der Waals surface area (Å²) in [5, 5.41) is 0. The van der Waals surface area contributed by atoms with Gasteiger partial charge in [-0.25, -0.2) is 0 Å². The third-order valence-corrected chi connectivity index (χ3v) is 6.42. The van der Waals surface area contributed by atoms with E-state index in [1.807, 2.05) is 42.5 Å². The second-order valence-electron chi connectivity index (χ2n) is 7.32. The smallest absolute Gasteiger partial charge is 0.308 e. The SMILES string of the molecule is NC(=NCCc1ccccc1)N(C1=CCOc2ccccc21)S(=O)(=O)NCc1cccnc1. The molecule has 0 amide bonds. The van der Waals surface area contributed by atoms with Crippen LogP contribution in [-0.4, -0.2) is 36.8 Å². The molecule has 0 spiro atoms. The van der Waals surface area contributed by atoms with Crippen LogP contribution in [0.25, 0.3) is 5.70 Å². The number of para-hydroxylation sites is 1. The minimum atomic E-state index is -4.08. The summed E-state index contributed by atoms with van der Waals surface area (Å²) in [6, 6.07) is 20.6. The van der Waals surface area contributed by atoms with Crippen molar-refractivity contribution in [3.8, 4) is 5.75 Å². The van der Waals surface area contributed by atoms with E-state index in [1.165, 1.54) is 0 Å². The van der Waals surface area contributed by atoms with Crippen molar-refractivity contribution in [2.24, 2.45) is 10.7 Å². The van der Waals surface area contributed by atoms with Crippen LogP contribution in [0.3, 0.4) is 0 Å². The van der Waals surface area contributed by atoms with Crippen molar-refractivity contribution in [2.75, 3.05) is 13.2 Å². The van der Waals surface area contributed by atoms with Crippen LogP contribution in [-0.2, 0) is 23.2 Å². The lowest BCUT2D eigenvalue weighted by Crippen LogP contribution is -2.47. The minimum absolute atomic E-state index is 0.0649. The fraction of sp³-hybridized carbons (Fsp3) is 0.167. The van der Waals surface area contributed by atoms with Gasteiger partial charge in [0.1, 0.15) is 12.4 Å². The first-order chi connectivity index (χ1) is 16.0. The van der Waals surface area contributed by atoms with Gasteiger partial charge in [-0.05, 0) is 41.8 Å². The van der Waals surface area contributed by atoms with Crippen LogP contribution < -0.4 is 15.2 Å². The number of hydrogen-bond donors (Lipinski definition) is 2. The van der Waals surface area contributed by atoms with Crippen molar-refractivity contribution in [1.82, 2.24) is 14.0 Å². The molecule has 9 heteroatoms. The van der Waals surface area contributed by atoms with Gasteiger partial charge < -0.3 is 10.5 Å². The number of rotatable bonds is 8. The molecule has 33 heavy (non-hydrogen) atoms. The molecule has 3 aromatic rings. The van der Waals surface area contributed by atoms with E-state index in [0.29, 0.717) is 30.0 Å². The van der Waals surface area contributed by atoms with Crippen LogP contribution >= 0.6 is 0 Å². The van der Waals surface area contributed by atoms with Gasteiger partial charge in [0.2, 0.25) is 5.96 Å². The number of fused-ring (bicyclic) bond motifs is 1. The fourth-order valence-corrected chi connectivity index (χ4v) is 4.66. The first kappa shape index (κ1) is 22.5. The Balaban J connectivity index is 1.63. The van der Waals surface area contributed by atoms with Gasteiger partial charge in [0, 0.05) is 31.0 Å². The zero-order valence-corrected chi connectivity index (χ0v) is 18.8. The molecule has 0 atom stereocenters. The number of nitrogens with zero attached hydrogens (tertiary/aromatic N) is 3. The lowest BCUT2D eigenvalue weighted by molar-refractivity contribution is 0.355. The number of guanidine groups is 1. The van der Waals surface area contributed by atoms with Crippen molar-refractivity contribution < 1.29 is 13.2 Å². The molecule has 0 fully saturated rings. The van der Waals surface area contributed by atoms with E-state index in [2.05, 4.69) is 14.7 Å². The van der Waals surface area contributed by atoms with Crippen LogP contribution in [0.15, 0.2) is 90.2 Å². The largest absolute Gasteiger partial charge is 0.489 e. The number of aliphatic imine (C=N–C) groups is 1. The third kappa shape index (κ3) is 5.57. The van der Waals surface area contributed by atoms with E-state index in [1.54, 1.807) is 42.7 Å². The minimum Gasteiger partial charge on any atom is -0.489 e. The molecule has 0 saturated carbocycles. The summed E-state index contributed by atoms with van der Waals surface area (Å²) >= 11 is 0. The molecule has 2 aromatic carbocycles. The van der Waals surface area contributed by atoms with Crippen LogP contribution in [0.2, 0.25) is 0 Å². The Bertz CT molecular complexity index is 1250. The Kier molecular flexibility index (Phi) is 7.01. The van der Waals surface area contributed by atoms with Crippen LogP contribution in [0.4, 0.5) is 0 Å². The molecular formula is C24H25N5O3S. The van der Waals surface area contributed by atoms with Gasteiger partial charge in [-0.3, -0.25) is 9.98 Å². The summed E-state index contributed by atoms with van der Waals surface area (Å²) in [6.45, 7) is 0.629. The molecule has 0 saturated heterocycles. The second kappa shape index (κ2) is 10.3. The maximum Gasteiger partial charge on any atom is 0.308 e. The zero-order valence-electron chi connectivity index (χ0n) is 18.0. The molecule has 0 aliphatic carbocycles. The van der Waals surface area contributed by atoms with Crippen LogP contribution in [0.1, 0.15) is 16.7 Å². The Morgan fingerprint density at radius 2 is 1.82 bits per heavy atom. The standard InChI is InChI=1S/C24H25N5O3S/c25-24(27-15-12-19-7-2-1-3-8-19)29(22-13-16-32-23-11-5-4-10-21(22)23)33(30,31)28-18-20-9-6-14-26-17-20/h1-11,13-14,17,28H,12,15-16,18H2,(H2,25,27). The number of nitrogens with two attached hydrogens (primary N) is 1. The van der Waals surface area contributed by atoms with E-state index in [-0.39, 0.29) is 19.1 Å². The fourth-order valence-electron chi connectivity index (χ4n) is 3.44. The van der Waals surface area contributed by atoms with Gasteiger partial charge in [-0.15, -0.1) is 0 Å². The highest BCUT2D eigenvalue weighted by Crippen LogP contribution is 2.33. The average molecular weight is 464 g/mol. The highest BCUT2D eigenvalue weighted by molar-refractivity contribution is 7.88. The van der Waals surface area contributed by atoms with E-state index in [4.69, 9.17) is 10.5 Å². The Labute approximate surface area is 193 Å². The van der Waals surface area contributed by atoms with Crippen LogP contribution in [0.5, 0.6) is 5.75 Å². The number of ether oxygens (including phenoxy) is 1. The molecule has 2 heterocycles. The molecule has 0 radical (unpaired) electrons. The number of benzene rings is 2. The normalized spacial score (nSPS) is 13.6. The van der Waals surface area contributed by atoms with Gasteiger partial charge in [-0.2, -0.15) is 17.4 Å². The molecule has 170 valence electrons. The Morgan fingerprint density at radius 1 is 1.06 bits per heavy atom. The van der Waals surface area contributed by atoms with Crippen molar-refractivity contribution in [3.05, 3.63) is 102 Å². The quantitative estimate of drug-likeness (QED) is 0.394. The van der Waals surface area contributed by atoms with Gasteiger partial charge in [0.05, 0.1) is 5.70 Å². The molecular weight excluding hydrogens is 438 g/mol. The van der Waals surface area contributed by atoms with Gasteiger partial charge in [-0.1, -0.05) is 48.5 Å². The first-order valence-corrected chi connectivity index (χ1v) is 11.9. The van der Waals surface area contributed by atoms with Crippen molar-refractivity contribution >= 4 is 21.9 Å². The second-order valence-corrected chi connectivity index (χ2v) is 8.93. The Hall–Kier alpha value is -3.69. The molecule has 0 unspecified atom stereocenters. The average Bonchev–Trinajstić information content (AvgIpc) is 2.84. The lowest BCUT2D eigenvalue weighted by Gasteiger charge is -2.29. The van der Waals surface area contributed by atoms with E-state index < -0.39 is 10.2 Å². The molecule has 1 aromatic heterocycles. The highest BCUT2D eigenvalue weighted by atomic mass is 32.2. The summed E-state index contributed by atoms with van der Waals surface area (Å²) in [4.78, 5) is 8.43. The topological polar surface area (TPSA) is 110 Å². The van der Waals surface area contributed by atoms with Crippen LogP contribution in [0, 0.1) is 0 Å². The summed E-state index contributed by atoms with van der Waals surface area (Å²) < 4.78 is 36.2. The zero-order chi connectivity index (χ0) is 23.1. The van der Waals surface area contributed by atoms with E-state index in [9.17, 15) is 8.42 Å². The van der Waals surface area contributed by atoms with E-state index >= 15 is 0 Å².